The van der Waals surface area contributed by atoms with Crippen LogP contribution in [-0.2, 0) is 14.3 Å². The van der Waals surface area contributed by atoms with Crippen molar-refractivity contribution in [2.75, 3.05) is 0 Å². The van der Waals surface area contributed by atoms with Crippen LogP contribution in [0.4, 0.5) is 0 Å². The average Bonchev–Trinajstić information content (AvgIpc) is 3.25. The summed E-state index contributed by atoms with van der Waals surface area (Å²) in [5.74, 6) is 2.03. The van der Waals surface area contributed by atoms with Crippen LogP contribution in [0.25, 0.3) is 0 Å². The molecule has 2 bridgehead atoms. The number of fused-ring (bicyclic) bond motifs is 3. The molecule has 5 nitrogen and oxygen atoms in total. The molecular weight excluding hydrogens is 544 g/mol. The minimum Gasteiger partial charge on any atom is -0.462 e. The number of hydrogen-bond acceptors (Lipinski definition) is 5. The lowest BCUT2D eigenvalue weighted by molar-refractivity contribution is -0.317. The minimum absolute atomic E-state index is 0.242. The van der Waals surface area contributed by atoms with E-state index in [1.807, 2.05) is 0 Å². The van der Waals surface area contributed by atoms with Gasteiger partial charge in [0.15, 0.2) is 0 Å². The van der Waals surface area contributed by atoms with Gasteiger partial charge in [-0.15, -0.1) is 0 Å². The molecule has 5 fully saturated rings. The zero-order valence-corrected chi connectivity index (χ0v) is 26.4. The smallest absolute Gasteiger partial charge is 0.302 e. The van der Waals surface area contributed by atoms with Crippen LogP contribution >= 0.6 is 15.9 Å². The van der Waals surface area contributed by atoms with Crippen LogP contribution in [0.1, 0.15) is 113 Å². The standard InChI is InChI=1S/C32H53BrO5/c1-8-22(18(2)3)10-9-19(4)24-11-12-25-27-26(14-15-29(24,25)7)30-16-13-23(37-21(6)34)17-31(30,35)32(36,28(27)33)38-20(30)5/h18-20,22-28,35-36H,8-17H2,1-7H3/t19-,20-,22-,23+,24-,25+,26+,27+,28?,29?,30?,31-,32+/m1/s1. The molecule has 4 saturated carbocycles. The molecule has 0 aromatic carbocycles. The van der Waals surface area contributed by atoms with E-state index in [4.69, 9.17) is 9.47 Å². The van der Waals surface area contributed by atoms with Crippen LogP contribution in [0.15, 0.2) is 0 Å². The van der Waals surface area contributed by atoms with Crippen LogP contribution in [0.3, 0.4) is 0 Å². The molecule has 4 aliphatic carbocycles. The Morgan fingerprint density at radius 3 is 2.42 bits per heavy atom. The van der Waals surface area contributed by atoms with Gasteiger partial charge in [-0.1, -0.05) is 63.4 Å². The van der Waals surface area contributed by atoms with Crippen LogP contribution < -0.4 is 0 Å². The number of rotatable bonds is 7. The summed E-state index contributed by atoms with van der Waals surface area (Å²) in [5.41, 5.74) is -1.69. The maximum absolute atomic E-state index is 12.4. The van der Waals surface area contributed by atoms with E-state index < -0.39 is 16.8 Å². The summed E-state index contributed by atoms with van der Waals surface area (Å²) < 4.78 is 12.0. The van der Waals surface area contributed by atoms with Crippen molar-refractivity contribution in [2.45, 2.75) is 141 Å². The van der Waals surface area contributed by atoms with Gasteiger partial charge in [0.05, 0.1) is 10.9 Å². The van der Waals surface area contributed by atoms with Gasteiger partial charge in [0.1, 0.15) is 11.7 Å². The molecule has 0 amide bonds. The van der Waals surface area contributed by atoms with Gasteiger partial charge in [-0.05, 0) is 98.7 Å². The molecule has 0 aromatic heterocycles. The zero-order chi connectivity index (χ0) is 27.8. The molecule has 13 atom stereocenters. The van der Waals surface area contributed by atoms with Crippen molar-refractivity contribution in [3.05, 3.63) is 0 Å². The van der Waals surface area contributed by atoms with Gasteiger partial charge in [0, 0.05) is 18.8 Å². The lowest BCUT2D eigenvalue weighted by Gasteiger charge is -2.66. The van der Waals surface area contributed by atoms with E-state index in [2.05, 4.69) is 57.5 Å². The van der Waals surface area contributed by atoms with Gasteiger partial charge in [-0.25, -0.2) is 0 Å². The van der Waals surface area contributed by atoms with Crippen molar-refractivity contribution in [2.24, 2.45) is 52.3 Å². The maximum atomic E-state index is 12.4. The van der Waals surface area contributed by atoms with E-state index in [0.29, 0.717) is 17.8 Å². The Labute approximate surface area is 239 Å². The molecule has 5 aliphatic rings. The average molecular weight is 598 g/mol. The Morgan fingerprint density at radius 2 is 1.79 bits per heavy atom. The number of hydrogen-bond donors (Lipinski definition) is 2. The maximum Gasteiger partial charge on any atom is 0.302 e. The molecule has 0 aromatic rings. The van der Waals surface area contributed by atoms with E-state index in [0.717, 1.165) is 31.1 Å². The molecule has 38 heavy (non-hydrogen) atoms. The third kappa shape index (κ3) is 3.88. The zero-order valence-electron chi connectivity index (χ0n) is 24.8. The van der Waals surface area contributed by atoms with Crippen LogP contribution in [0.2, 0.25) is 0 Å². The first kappa shape index (κ1) is 29.3. The van der Waals surface area contributed by atoms with Crippen LogP contribution in [0, 0.1) is 52.3 Å². The quantitative estimate of drug-likeness (QED) is 0.248. The highest BCUT2D eigenvalue weighted by atomic mass is 79.9. The second-order valence-electron chi connectivity index (χ2n) is 14.7. The molecule has 6 heteroatoms. The van der Waals surface area contributed by atoms with E-state index >= 15 is 0 Å². The number of halogens is 1. The summed E-state index contributed by atoms with van der Waals surface area (Å²) in [6.07, 6.45) is 9.68. The van der Waals surface area contributed by atoms with E-state index in [1.165, 1.54) is 45.4 Å². The molecule has 0 spiro atoms. The second kappa shape index (κ2) is 9.98. The topological polar surface area (TPSA) is 76.0 Å². The van der Waals surface area contributed by atoms with E-state index in [-0.39, 0.29) is 46.7 Å². The van der Waals surface area contributed by atoms with Crippen molar-refractivity contribution in [1.82, 2.24) is 0 Å². The van der Waals surface area contributed by atoms with Gasteiger partial charge in [-0.2, -0.15) is 0 Å². The summed E-state index contributed by atoms with van der Waals surface area (Å²) in [4.78, 5) is 11.4. The normalized spacial score (nSPS) is 51.2. The first-order valence-corrected chi connectivity index (χ1v) is 16.6. The fourth-order valence-corrected chi connectivity index (χ4v) is 12.5. The van der Waals surface area contributed by atoms with Gasteiger partial charge in [0.2, 0.25) is 5.79 Å². The number of carbonyl (C=O) groups excluding carboxylic acids is 1. The van der Waals surface area contributed by atoms with Gasteiger partial charge in [-0.3, -0.25) is 4.79 Å². The molecule has 2 N–H and O–H groups in total. The van der Waals surface area contributed by atoms with Crippen molar-refractivity contribution in [3.63, 3.8) is 0 Å². The van der Waals surface area contributed by atoms with Crippen LogP contribution in [-0.4, -0.2) is 44.6 Å². The number of ether oxygens (including phenoxy) is 2. The molecule has 1 saturated heterocycles. The lowest BCUT2D eigenvalue weighted by Crippen LogP contribution is -2.75. The van der Waals surface area contributed by atoms with Crippen molar-refractivity contribution in [1.29, 1.82) is 0 Å². The second-order valence-corrected chi connectivity index (χ2v) is 15.7. The molecule has 3 unspecified atom stereocenters. The Balaban J connectivity index is 1.42. The van der Waals surface area contributed by atoms with Crippen molar-refractivity contribution < 1.29 is 24.5 Å². The largest absolute Gasteiger partial charge is 0.462 e. The summed E-state index contributed by atoms with van der Waals surface area (Å²) in [5, 5.41) is 24.7. The van der Waals surface area contributed by atoms with Crippen molar-refractivity contribution in [3.8, 4) is 0 Å². The Bertz CT molecular complexity index is 910. The predicted octanol–water partition coefficient (Wildman–Crippen LogP) is 6.86. The van der Waals surface area contributed by atoms with Crippen LogP contribution in [0.5, 0.6) is 0 Å². The third-order valence-electron chi connectivity index (χ3n) is 13.1. The lowest BCUT2D eigenvalue weighted by atomic mass is 9.41. The highest BCUT2D eigenvalue weighted by molar-refractivity contribution is 9.09. The third-order valence-corrected chi connectivity index (χ3v) is 14.3. The summed E-state index contributed by atoms with van der Waals surface area (Å²) in [6, 6.07) is 0. The molecule has 0 radical (unpaired) electrons. The highest BCUT2D eigenvalue weighted by Gasteiger charge is 2.83. The fraction of sp³-hybridized carbons (Fsp3) is 0.969. The van der Waals surface area contributed by atoms with Gasteiger partial charge in [0.25, 0.3) is 0 Å². The van der Waals surface area contributed by atoms with E-state index in [1.54, 1.807) is 0 Å². The predicted molar refractivity (Wildman–Crippen MR) is 153 cm³/mol. The van der Waals surface area contributed by atoms with Gasteiger partial charge < -0.3 is 19.7 Å². The highest BCUT2D eigenvalue weighted by Crippen LogP contribution is 2.76. The molecule has 1 heterocycles. The van der Waals surface area contributed by atoms with E-state index in [9.17, 15) is 15.0 Å². The molecule has 1 aliphatic heterocycles. The Morgan fingerprint density at radius 1 is 1.08 bits per heavy atom. The number of aliphatic hydroxyl groups is 2. The Kier molecular flexibility index (Phi) is 7.70. The summed E-state index contributed by atoms with van der Waals surface area (Å²) in [7, 11) is 0. The first-order chi connectivity index (χ1) is 17.8. The first-order valence-electron chi connectivity index (χ1n) is 15.7. The molecular formula is C32H53BrO5. The molecule has 5 rings (SSSR count). The number of carbonyl (C=O) groups is 1. The number of esters is 1. The Hall–Kier alpha value is -0.170. The fourth-order valence-electron chi connectivity index (χ4n) is 11.3. The monoisotopic (exact) mass is 596 g/mol. The summed E-state index contributed by atoms with van der Waals surface area (Å²) in [6.45, 7) is 15.6. The number of alkyl halides is 1. The minimum atomic E-state index is -1.68. The SMILES string of the molecule is CC[C@H](CC[C@@H](C)[C@H]1CC[C@H]2[C@@H]3C(Br)[C@]4(O)O[C@H](C)C5(CC[C@H](OC(C)=O)C[C@@]54O)[C@H]3CCC12C)C(C)C. The van der Waals surface area contributed by atoms with Crippen molar-refractivity contribution >= 4 is 21.9 Å². The van der Waals surface area contributed by atoms with Gasteiger partial charge >= 0.3 is 5.97 Å². The molecule has 218 valence electrons. The summed E-state index contributed by atoms with van der Waals surface area (Å²) >= 11 is 3.98.